The molecule has 0 saturated heterocycles. The summed E-state index contributed by atoms with van der Waals surface area (Å²) in [6.45, 7) is 3.94. The van der Waals surface area contributed by atoms with E-state index in [9.17, 15) is 9.59 Å². The normalized spacial score (nSPS) is 10.2. The third-order valence-electron chi connectivity index (χ3n) is 4.20. The molecule has 2 amide bonds. The van der Waals surface area contributed by atoms with E-state index in [4.69, 9.17) is 0 Å². The molecule has 3 aromatic carbocycles. The molecule has 4 nitrogen and oxygen atoms in total. The molecule has 3 aromatic rings. The first kappa shape index (κ1) is 17.4. The van der Waals surface area contributed by atoms with E-state index in [2.05, 4.69) is 10.6 Å². The second kappa shape index (κ2) is 7.66. The fourth-order valence-electron chi connectivity index (χ4n) is 2.59. The Morgan fingerprint density at radius 1 is 0.615 bits per heavy atom. The smallest absolute Gasteiger partial charge is 0.255 e. The van der Waals surface area contributed by atoms with Gasteiger partial charge in [-0.05, 0) is 61.4 Å². The van der Waals surface area contributed by atoms with Gasteiger partial charge in [-0.1, -0.05) is 36.4 Å². The van der Waals surface area contributed by atoms with E-state index in [1.54, 1.807) is 24.3 Å². The van der Waals surface area contributed by atoms with Gasteiger partial charge in [0.25, 0.3) is 11.8 Å². The standard InChI is InChI=1S/C22H20N2O2/c1-15-13-19(23-21(25)17-9-5-3-6-10-17)20(14-16(15)2)24-22(26)18-11-7-4-8-12-18/h3-14H,1-2H3,(H,23,25)(H,24,26). The van der Waals surface area contributed by atoms with Gasteiger partial charge in [0.1, 0.15) is 0 Å². The van der Waals surface area contributed by atoms with E-state index in [-0.39, 0.29) is 11.8 Å². The van der Waals surface area contributed by atoms with Gasteiger partial charge in [0.15, 0.2) is 0 Å². The van der Waals surface area contributed by atoms with Crippen molar-refractivity contribution in [3.8, 4) is 0 Å². The van der Waals surface area contributed by atoms with Gasteiger partial charge in [0, 0.05) is 11.1 Å². The second-order valence-electron chi connectivity index (χ2n) is 6.12. The predicted octanol–water partition coefficient (Wildman–Crippen LogP) is 4.81. The van der Waals surface area contributed by atoms with Gasteiger partial charge in [-0.2, -0.15) is 0 Å². The number of hydrogen-bond acceptors (Lipinski definition) is 2. The number of benzene rings is 3. The van der Waals surface area contributed by atoms with Crippen LogP contribution in [0.5, 0.6) is 0 Å². The first-order valence-electron chi connectivity index (χ1n) is 8.38. The topological polar surface area (TPSA) is 58.2 Å². The summed E-state index contributed by atoms with van der Waals surface area (Å²) in [4.78, 5) is 25.0. The lowest BCUT2D eigenvalue weighted by Gasteiger charge is -2.15. The van der Waals surface area contributed by atoms with Crippen LogP contribution in [0.25, 0.3) is 0 Å². The van der Waals surface area contributed by atoms with E-state index in [1.807, 2.05) is 62.4 Å². The molecule has 0 aliphatic carbocycles. The van der Waals surface area contributed by atoms with Gasteiger partial charge in [-0.15, -0.1) is 0 Å². The number of anilines is 2. The summed E-state index contributed by atoms with van der Waals surface area (Å²) >= 11 is 0. The van der Waals surface area contributed by atoms with Crippen molar-refractivity contribution in [2.45, 2.75) is 13.8 Å². The van der Waals surface area contributed by atoms with Gasteiger partial charge in [-0.3, -0.25) is 9.59 Å². The van der Waals surface area contributed by atoms with E-state index in [0.29, 0.717) is 22.5 Å². The SMILES string of the molecule is Cc1cc(NC(=O)c2ccccc2)c(NC(=O)c2ccccc2)cc1C. The van der Waals surface area contributed by atoms with Crippen molar-refractivity contribution in [3.63, 3.8) is 0 Å². The average molecular weight is 344 g/mol. The molecule has 0 spiro atoms. The Morgan fingerprint density at radius 2 is 0.962 bits per heavy atom. The summed E-state index contributed by atoms with van der Waals surface area (Å²) in [7, 11) is 0. The van der Waals surface area contributed by atoms with Crippen molar-refractivity contribution in [1.29, 1.82) is 0 Å². The third kappa shape index (κ3) is 3.98. The summed E-state index contributed by atoms with van der Waals surface area (Å²) in [5, 5.41) is 5.80. The largest absolute Gasteiger partial charge is 0.320 e. The van der Waals surface area contributed by atoms with Crippen LogP contribution in [0.4, 0.5) is 11.4 Å². The molecule has 26 heavy (non-hydrogen) atoms. The van der Waals surface area contributed by atoms with Gasteiger partial charge in [-0.25, -0.2) is 0 Å². The molecule has 0 aliphatic heterocycles. The predicted molar refractivity (Wildman–Crippen MR) is 105 cm³/mol. The van der Waals surface area contributed by atoms with Crippen LogP contribution in [0, 0.1) is 13.8 Å². The lowest BCUT2D eigenvalue weighted by molar-refractivity contribution is 0.101. The minimum absolute atomic E-state index is 0.218. The van der Waals surface area contributed by atoms with E-state index in [0.717, 1.165) is 11.1 Å². The summed E-state index contributed by atoms with van der Waals surface area (Å²) in [6.07, 6.45) is 0. The molecule has 0 bridgehead atoms. The average Bonchev–Trinajstić information content (AvgIpc) is 2.67. The van der Waals surface area contributed by atoms with Crippen LogP contribution in [-0.4, -0.2) is 11.8 Å². The van der Waals surface area contributed by atoms with Crippen LogP contribution in [0.2, 0.25) is 0 Å². The summed E-state index contributed by atoms with van der Waals surface area (Å²) < 4.78 is 0. The number of rotatable bonds is 4. The molecule has 0 unspecified atom stereocenters. The van der Waals surface area contributed by atoms with E-state index in [1.165, 1.54) is 0 Å². The Morgan fingerprint density at radius 3 is 1.31 bits per heavy atom. The molecule has 0 fully saturated rings. The Bertz CT molecular complexity index is 857. The van der Waals surface area contributed by atoms with Gasteiger partial charge in [0.05, 0.1) is 11.4 Å². The van der Waals surface area contributed by atoms with Gasteiger partial charge < -0.3 is 10.6 Å². The molecule has 4 heteroatoms. The Balaban J connectivity index is 1.89. The number of carbonyl (C=O) groups is 2. The van der Waals surface area contributed by atoms with Crippen LogP contribution >= 0.6 is 0 Å². The van der Waals surface area contributed by atoms with Crippen molar-refractivity contribution in [2.75, 3.05) is 10.6 Å². The molecular weight excluding hydrogens is 324 g/mol. The molecular formula is C22H20N2O2. The Kier molecular flexibility index (Phi) is 5.13. The van der Waals surface area contributed by atoms with Gasteiger partial charge in [0.2, 0.25) is 0 Å². The molecule has 0 radical (unpaired) electrons. The van der Waals surface area contributed by atoms with Crippen LogP contribution in [0.3, 0.4) is 0 Å². The summed E-state index contributed by atoms with van der Waals surface area (Å²) in [6, 6.07) is 21.7. The zero-order chi connectivity index (χ0) is 18.5. The van der Waals surface area contributed by atoms with Crippen LogP contribution in [0.15, 0.2) is 72.8 Å². The number of carbonyl (C=O) groups excluding carboxylic acids is 2. The number of amides is 2. The molecule has 0 aliphatic rings. The third-order valence-corrected chi connectivity index (χ3v) is 4.20. The monoisotopic (exact) mass is 344 g/mol. The van der Waals surface area contributed by atoms with Crippen molar-refractivity contribution >= 4 is 23.2 Å². The van der Waals surface area contributed by atoms with Gasteiger partial charge >= 0.3 is 0 Å². The summed E-state index contributed by atoms with van der Waals surface area (Å²) in [5.41, 5.74) is 4.34. The van der Waals surface area contributed by atoms with Crippen molar-refractivity contribution < 1.29 is 9.59 Å². The van der Waals surface area contributed by atoms with Crippen molar-refractivity contribution in [3.05, 3.63) is 95.1 Å². The van der Waals surface area contributed by atoms with Crippen molar-refractivity contribution in [1.82, 2.24) is 0 Å². The second-order valence-corrected chi connectivity index (χ2v) is 6.12. The maximum absolute atomic E-state index is 12.5. The number of hydrogen-bond donors (Lipinski definition) is 2. The molecule has 2 N–H and O–H groups in total. The van der Waals surface area contributed by atoms with E-state index < -0.39 is 0 Å². The molecule has 3 rings (SSSR count). The minimum Gasteiger partial charge on any atom is -0.320 e. The molecule has 0 aromatic heterocycles. The number of aryl methyl sites for hydroxylation is 2. The Hall–Kier alpha value is -3.40. The maximum atomic E-state index is 12.5. The highest BCUT2D eigenvalue weighted by Crippen LogP contribution is 2.27. The van der Waals surface area contributed by atoms with Crippen molar-refractivity contribution in [2.24, 2.45) is 0 Å². The fourth-order valence-corrected chi connectivity index (χ4v) is 2.59. The van der Waals surface area contributed by atoms with Crippen LogP contribution < -0.4 is 10.6 Å². The number of nitrogens with one attached hydrogen (secondary N) is 2. The lowest BCUT2D eigenvalue weighted by atomic mass is 10.1. The molecule has 0 heterocycles. The van der Waals surface area contributed by atoms with E-state index >= 15 is 0 Å². The molecule has 0 atom stereocenters. The zero-order valence-electron chi connectivity index (χ0n) is 14.7. The summed E-state index contributed by atoms with van der Waals surface area (Å²) in [5.74, 6) is -0.437. The van der Waals surface area contributed by atoms with Crippen LogP contribution in [0.1, 0.15) is 31.8 Å². The first-order valence-corrected chi connectivity index (χ1v) is 8.38. The quantitative estimate of drug-likeness (QED) is 0.714. The Labute approximate surface area is 152 Å². The highest BCUT2D eigenvalue weighted by atomic mass is 16.2. The molecule has 130 valence electrons. The lowest BCUT2D eigenvalue weighted by Crippen LogP contribution is -2.17. The highest BCUT2D eigenvalue weighted by molar-refractivity contribution is 6.10. The molecule has 0 saturated carbocycles. The maximum Gasteiger partial charge on any atom is 0.255 e. The van der Waals surface area contributed by atoms with Crippen LogP contribution in [-0.2, 0) is 0 Å². The minimum atomic E-state index is -0.218. The fraction of sp³-hybridized carbons (Fsp3) is 0.0909. The zero-order valence-corrected chi connectivity index (χ0v) is 14.7. The highest BCUT2D eigenvalue weighted by Gasteiger charge is 2.13. The first-order chi connectivity index (χ1) is 12.5.